The second-order valence-corrected chi connectivity index (χ2v) is 9.57. The van der Waals surface area contributed by atoms with Crippen molar-refractivity contribution in [1.29, 1.82) is 0 Å². The summed E-state index contributed by atoms with van der Waals surface area (Å²) in [5, 5.41) is 0. The van der Waals surface area contributed by atoms with Crippen LogP contribution in [0, 0.1) is 11.3 Å². The van der Waals surface area contributed by atoms with Crippen molar-refractivity contribution >= 4 is 11.9 Å². The number of aldehydes is 1. The van der Waals surface area contributed by atoms with Gasteiger partial charge in [0.1, 0.15) is 6.29 Å². The summed E-state index contributed by atoms with van der Waals surface area (Å²) in [6.07, 6.45) is 8.01. The van der Waals surface area contributed by atoms with Gasteiger partial charge in [-0.1, -0.05) is 72.2 Å². The zero-order valence-corrected chi connectivity index (χ0v) is 16.2. The van der Waals surface area contributed by atoms with Crippen molar-refractivity contribution in [1.82, 2.24) is 0 Å². The van der Waals surface area contributed by atoms with Crippen LogP contribution in [-0.2, 0) is 15.6 Å². The van der Waals surface area contributed by atoms with E-state index in [2.05, 4.69) is 65.8 Å². The summed E-state index contributed by atoms with van der Waals surface area (Å²) in [5.74, 6) is 0.217. The average molecular weight is 325 g/mol. The second kappa shape index (κ2) is 5.58. The number of hydrogen-bond donors (Lipinski definition) is 0. The maximum absolute atomic E-state index is 11.4. The molecule has 3 rings (SSSR count). The molecular formula is C23H32O. The Balaban J connectivity index is 2.13. The molecule has 1 fully saturated rings. The molecule has 2 aliphatic rings. The van der Waals surface area contributed by atoms with E-state index in [0.717, 1.165) is 25.7 Å². The van der Waals surface area contributed by atoms with Gasteiger partial charge in [-0.25, -0.2) is 0 Å². The van der Waals surface area contributed by atoms with Crippen LogP contribution >= 0.6 is 0 Å². The first kappa shape index (κ1) is 17.5. The molecule has 1 unspecified atom stereocenters. The largest absolute Gasteiger partial charge is 0.303 e. The molecule has 24 heavy (non-hydrogen) atoms. The molecule has 2 aliphatic carbocycles. The van der Waals surface area contributed by atoms with Crippen LogP contribution in [0.4, 0.5) is 0 Å². The number of hydrogen-bond acceptors (Lipinski definition) is 1. The molecule has 2 atom stereocenters. The first-order chi connectivity index (χ1) is 11.2. The highest BCUT2D eigenvalue weighted by Crippen LogP contribution is 2.57. The van der Waals surface area contributed by atoms with E-state index < -0.39 is 0 Å². The van der Waals surface area contributed by atoms with E-state index in [4.69, 9.17) is 0 Å². The van der Waals surface area contributed by atoms with Crippen LogP contribution in [0.3, 0.4) is 0 Å². The monoisotopic (exact) mass is 324 g/mol. The molecule has 0 spiro atoms. The first-order valence-corrected chi connectivity index (χ1v) is 9.47. The molecule has 0 bridgehead atoms. The third-order valence-electron chi connectivity index (χ3n) is 6.23. The Hall–Kier alpha value is -1.37. The van der Waals surface area contributed by atoms with Crippen molar-refractivity contribution in [2.45, 2.75) is 78.1 Å². The highest BCUT2D eigenvalue weighted by atomic mass is 16.1. The van der Waals surface area contributed by atoms with E-state index in [1.165, 1.54) is 28.5 Å². The Bertz CT molecular complexity index is 686. The molecule has 0 saturated heterocycles. The highest BCUT2D eigenvalue weighted by Gasteiger charge is 2.54. The quantitative estimate of drug-likeness (QED) is 0.616. The third-order valence-corrected chi connectivity index (χ3v) is 6.23. The fraction of sp³-hybridized carbons (Fsp3) is 0.609. The lowest BCUT2D eigenvalue weighted by molar-refractivity contribution is -0.109. The number of carbonyl (C=O) groups excluding carboxylic acids is 1. The van der Waals surface area contributed by atoms with Crippen molar-refractivity contribution in [2.75, 3.05) is 0 Å². The molecule has 1 aromatic carbocycles. The Morgan fingerprint density at radius 2 is 1.96 bits per heavy atom. The van der Waals surface area contributed by atoms with Gasteiger partial charge in [0, 0.05) is 11.3 Å². The summed E-state index contributed by atoms with van der Waals surface area (Å²) in [6.45, 7) is 13.8. The minimum absolute atomic E-state index is 0.107. The molecule has 0 heterocycles. The average Bonchev–Trinajstić information content (AvgIpc) is 3.20. The summed E-state index contributed by atoms with van der Waals surface area (Å²) in [7, 11) is 0. The van der Waals surface area contributed by atoms with Gasteiger partial charge < -0.3 is 4.79 Å². The summed E-state index contributed by atoms with van der Waals surface area (Å²) < 4.78 is 0. The Kier molecular flexibility index (Phi) is 4.06. The van der Waals surface area contributed by atoms with E-state index in [0.29, 0.717) is 0 Å². The molecular weight excluding hydrogens is 292 g/mol. The predicted molar refractivity (Wildman–Crippen MR) is 102 cm³/mol. The number of carbonyl (C=O) groups is 1. The maximum atomic E-state index is 11.4. The van der Waals surface area contributed by atoms with Crippen LogP contribution in [0.25, 0.3) is 5.57 Å². The van der Waals surface area contributed by atoms with Crippen molar-refractivity contribution in [2.24, 2.45) is 11.3 Å². The number of benzene rings is 1. The van der Waals surface area contributed by atoms with Gasteiger partial charge in [0.15, 0.2) is 0 Å². The van der Waals surface area contributed by atoms with Gasteiger partial charge >= 0.3 is 0 Å². The molecule has 0 aromatic heterocycles. The van der Waals surface area contributed by atoms with Crippen LogP contribution in [0.5, 0.6) is 0 Å². The fourth-order valence-electron chi connectivity index (χ4n) is 4.68. The summed E-state index contributed by atoms with van der Waals surface area (Å²) >= 11 is 0. The normalized spacial score (nSPS) is 28.1. The second-order valence-electron chi connectivity index (χ2n) is 9.57. The minimum Gasteiger partial charge on any atom is -0.303 e. The Labute approximate surface area is 147 Å². The minimum atomic E-state index is 0.107. The fourth-order valence-corrected chi connectivity index (χ4v) is 4.68. The predicted octanol–water partition coefficient (Wildman–Crippen LogP) is 6.05. The Morgan fingerprint density at radius 3 is 2.50 bits per heavy atom. The summed E-state index contributed by atoms with van der Waals surface area (Å²) in [6, 6.07) is 7.08. The van der Waals surface area contributed by atoms with Crippen molar-refractivity contribution in [3.8, 4) is 0 Å². The molecule has 0 N–H and O–H groups in total. The van der Waals surface area contributed by atoms with Crippen LogP contribution < -0.4 is 0 Å². The number of fused-ring (bicyclic) bond motifs is 1. The van der Waals surface area contributed by atoms with E-state index in [-0.39, 0.29) is 22.2 Å². The lowest BCUT2D eigenvalue weighted by Crippen LogP contribution is -2.25. The molecule has 1 nitrogen and oxygen atoms in total. The molecule has 1 aromatic rings. The van der Waals surface area contributed by atoms with Crippen LogP contribution in [-0.4, -0.2) is 6.29 Å². The van der Waals surface area contributed by atoms with Gasteiger partial charge in [-0.05, 0) is 52.4 Å². The lowest BCUT2D eigenvalue weighted by atomic mass is 9.67. The molecule has 0 radical (unpaired) electrons. The van der Waals surface area contributed by atoms with Gasteiger partial charge in [-0.2, -0.15) is 0 Å². The van der Waals surface area contributed by atoms with Gasteiger partial charge in [0.2, 0.25) is 0 Å². The van der Waals surface area contributed by atoms with Gasteiger partial charge in [0.25, 0.3) is 0 Å². The molecule has 1 saturated carbocycles. The standard InChI is InChI=1S/C23H32O/c1-7-11-23(14-17(23)15-24)16-8-9-20-18(13-16)19(21(2,3)4)10-12-22(20,5)6/h8-10,13,15,17H,7,11-12,14H2,1-6H3/t17?,23-/m1/s1. The molecule has 1 heteroatoms. The topological polar surface area (TPSA) is 17.1 Å². The van der Waals surface area contributed by atoms with Crippen molar-refractivity contribution in [3.63, 3.8) is 0 Å². The van der Waals surface area contributed by atoms with Crippen molar-refractivity contribution < 1.29 is 4.79 Å². The first-order valence-electron chi connectivity index (χ1n) is 9.47. The van der Waals surface area contributed by atoms with Gasteiger partial charge in [0.05, 0.1) is 0 Å². The molecule has 0 amide bonds. The highest BCUT2D eigenvalue weighted by molar-refractivity contribution is 5.76. The SMILES string of the molecule is CCC[C@]1(c2ccc3c(c2)C(C(C)(C)C)=CCC3(C)C)CC1C=O. The number of rotatable bonds is 4. The smallest absolute Gasteiger partial charge is 0.123 e. The van der Waals surface area contributed by atoms with E-state index >= 15 is 0 Å². The zero-order chi connectivity index (χ0) is 17.8. The summed E-state index contributed by atoms with van der Waals surface area (Å²) in [5.41, 5.74) is 6.18. The van der Waals surface area contributed by atoms with E-state index in [1.54, 1.807) is 0 Å². The third kappa shape index (κ3) is 2.66. The lowest BCUT2D eigenvalue weighted by Gasteiger charge is -2.37. The maximum Gasteiger partial charge on any atom is 0.123 e. The van der Waals surface area contributed by atoms with Crippen LogP contribution in [0.1, 0.15) is 83.9 Å². The van der Waals surface area contributed by atoms with E-state index in [1.807, 2.05) is 0 Å². The van der Waals surface area contributed by atoms with Gasteiger partial charge in [-0.3, -0.25) is 0 Å². The van der Waals surface area contributed by atoms with Gasteiger partial charge in [-0.15, -0.1) is 0 Å². The van der Waals surface area contributed by atoms with Crippen LogP contribution in [0.2, 0.25) is 0 Å². The molecule has 0 aliphatic heterocycles. The van der Waals surface area contributed by atoms with Crippen molar-refractivity contribution in [3.05, 3.63) is 41.0 Å². The number of allylic oxidation sites excluding steroid dienone is 2. The van der Waals surface area contributed by atoms with Crippen LogP contribution in [0.15, 0.2) is 24.3 Å². The Morgan fingerprint density at radius 1 is 1.25 bits per heavy atom. The van der Waals surface area contributed by atoms with E-state index in [9.17, 15) is 4.79 Å². The zero-order valence-electron chi connectivity index (χ0n) is 16.2. The molecule has 130 valence electrons. The summed E-state index contributed by atoms with van der Waals surface area (Å²) in [4.78, 5) is 11.4.